The number of alkyl halides is 1. The summed E-state index contributed by atoms with van der Waals surface area (Å²) < 4.78 is 1.18. The molecular weight excluding hydrogens is 373 g/mol. The Morgan fingerprint density at radius 3 is 2.62 bits per heavy atom. The van der Waals surface area contributed by atoms with Crippen molar-refractivity contribution in [3.05, 3.63) is 53.6 Å². The number of halogens is 1. The number of hydrogen-bond donors (Lipinski definition) is 0. The van der Waals surface area contributed by atoms with Gasteiger partial charge in [0, 0.05) is 19.2 Å². The number of carbonyl (C=O) groups excluding carboxylic acids is 1. The van der Waals surface area contributed by atoms with E-state index in [4.69, 9.17) is 0 Å². The summed E-state index contributed by atoms with van der Waals surface area (Å²) in [7, 11) is 1.85. The van der Waals surface area contributed by atoms with Crippen LogP contribution in [0.4, 0.5) is 0 Å². The van der Waals surface area contributed by atoms with Gasteiger partial charge in [-0.15, -0.1) is 0 Å². The summed E-state index contributed by atoms with van der Waals surface area (Å²) in [5, 5.41) is 0. The Bertz CT molecular complexity index is 479. The Morgan fingerprint density at radius 1 is 1.24 bits per heavy atom. The van der Waals surface area contributed by atoms with Crippen LogP contribution in [0.2, 0.25) is 0 Å². The molecule has 1 rings (SSSR count). The van der Waals surface area contributed by atoms with Gasteiger partial charge in [-0.3, -0.25) is 4.79 Å². The van der Waals surface area contributed by atoms with Gasteiger partial charge in [0.05, 0.1) is 0 Å². The van der Waals surface area contributed by atoms with Gasteiger partial charge in [0.1, 0.15) is 0 Å². The van der Waals surface area contributed by atoms with Gasteiger partial charge in [0.15, 0.2) is 0 Å². The highest BCUT2D eigenvalue weighted by Crippen LogP contribution is 2.06. The molecule has 1 amide bonds. The fraction of sp³-hybridized carbons (Fsp3) is 0.389. The lowest BCUT2D eigenvalue weighted by Crippen LogP contribution is -2.27. The molecule has 21 heavy (non-hydrogen) atoms. The van der Waals surface area contributed by atoms with Crippen molar-refractivity contribution < 1.29 is 4.79 Å². The summed E-state index contributed by atoms with van der Waals surface area (Å²) in [5.74, 6) is 0.113. The van der Waals surface area contributed by atoms with Crippen molar-refractivity contribution >= 4 is 34.6 Å². The first kappa shape index (κ1) is 18.0. The Hall–Kier alpha value is -1.10. The second-order valence-corrected chi connectivity index (χ2v) is 6.15. The molecule has 0 aliphatic heterocycles. The summed E-state index contributed by atoms with van der Waals surface area (Å²) >= 11 is 2.38. The van der Waals surface area contributed by atoms with Gasteiger partial charge in [-0.25, -0.2) is 0 Å². The highest BCUT2D eigenvalue weighted by atomic mass is 127. The number of benzene rings is 1. The van der Waals surface area contributed by atoms with Crippen LogP contribution in [-0.2, 0) is 4.79 Å². The molecule has 0 spiro atoms. The van der Waals surface area contributed by atoms with Crippen LogP contribution in [0.3, 0.4) is 0 Å². The normalized spacial score (nSPS) is 11.9. The summed E-state index contributed by atoms with van der Waals surface area (Å²) in [6, 6.07) is 10.1. The number of likely N-dealkylation sites (N-methyl/N-ethyl adjacent to an activating group) is 1. The van der Waals surface area contributed by atoms with Crippen molar-refractivity contribution in [3.63, 3.8) is 0 Å². The van der Waals surface area contributed by atoms with E-state index in [0.717, 1.165) is 24.0 Å². The highest BCUT2D eigenvalue weighted by molar-refractivity contribution is 14.1. The lowest BCUT2D eigenvalue weighted by atomic mass is 10.1. The van der Waals surface area contributed by atoms with E-state index in [1.165, 1.54) is 10.8 Å². The summed E-state index contributed by atoms with van der Waals surface area (Å²) in [5.41, 5.74) is 2.00. The predicted molar refractivity (Wildman–Crippen MR) is 99.6 cm³/mol. The minimum Gasteiger partial charge on any atom is -0.338 e. The zero-order valence-electron chi connectivity index (χ0n) is 12.9. The molecule has 0 bridgehead atoms. The Kier molecular flexibility index (Phi) is 9.06. The molecule has 0 heterocycles. The van der Waals surface area contributed by atoms with Crippen molar-refractivity contribution in [2.45, 2.75) is 26.2 Å². The van der Waals surface area contributed by atoms with Crippen LogP contribution in [0.5, 0.6) is 0 Å². The van der Waals surface area contributed by atoms with E-state index in [2.05, 4.69) is 40.8 Å². The second kappa shape index (κ2) is 10.6. The summed E-state index contributed by atoms with van der Waals surface area (Å²) in [6.45, 7) is 2.54. The zero-order valence-corrected chi connectivity index (χ0v) is 15.0. The van der Waals surface area contributed by atoms with Crippen molar-refractivity contribution in [3.8, 4) is 0 Å². The van der Waals surface area contributed by atoms with Gasteiger partial charge in [0.2, 0.25) is 5.91 Å². The first-order valence-corrected chi connectivity index (χ1v) is 8.87. The number of amides is 1. The average molecular weight is 397 g/mol. The smallest absolute Gasteiger partial charge is 0.249 e. The maximum absolute atomic E-state index is 12.2. The minimum absolute atomic E-state index is 0.113. The van der Waals surface area contributed by atoms with Crippen LogP contribution in [0.25, 0.3) is 6.08 Å². The standard InChI is InChI=1S/C18H24INO/c1-16(10-5-4-8-14-19)18(21)20(2)15-9-13-17-11-6-3-7-12-17/h3,6-7,9-13H,4-5,8,14-15H2,1-2H3/b13-9+,16-10+. The Balaban J connectivity index is 2.41. The molecule has 0 fully saturated rings. The van der Waals surface area contributed by atoms with Gasteiger partial charge in [-0.2, -0.15) is 0 Å². The van der Waals surface area contributed by atoms with E-state index in [1.54, 1.807) is 4.90 Å². The SMILES string of the molecule is C/C(=C\CCCCI)C(=O)N(C)C/C=C/c1ccccc1. The number of carbonyl (C=O) groups is 1. The molecule has 3 heteroatoms. The molecule has 0 saturated heterocycles. The average Bonchev–Trinajstić information content (AvgIpc) is 2.51. The summed E-state index contributed by atoms with van der Waals surface area (Å²) in [6.07, 6.45) is 9.50. The van der Waals surface area contributed by atoms with Crippen LogP contribution in [0, 0.1) is 0 Å². The van der Waals surface area contributed by atoms with Gasteiger partial charge >= 0.3 is 0 Å². The van der Waals surface area contributed by atoms with Crippen LogP contribution in [0.15, 0.2) is 48.1 Å². The largest absolute Gasteiger partial charge is 0.338 e. The topological polar surface area (TPSA) is 20.3 Å². The van der Waals surface area contributed by atoms with Crippen molar-refractivity contribution in [2.24, 2.45) is 0 Å². The molecule has 0 aliphatic rings. The van der Waals surface area contributed by atoms with Crippen LogP contribution in [0.1, 0.15) is 31.7 Å². The lowest BCUT2D eigenvalue weighted by Gasteiger charge is -2.15. The first-order valence-electron chi connectivity index (χ1n) is 7.35. The molecule has 0 aliphatic carbocycles. The molecule has 0 radical (unpaired) electrons. The number of rotatable bonds is 8. The quantitative estimate of drug-likeness (QED) is 0.269. The van der Waals surface area contributed by atoms with E-state index in [9.17, 15) is 4.79 Å². The molecule has 114 valence electrons. The van der Waals surface area contributed by atoms with Crippen LogP contribution >= 0.6 is 22.6 Å². The number of unbranched alkanes of at least 4 members (excludes halogenated alkanes) is 2. The van der Waals surface area contributed by atoms with Gasteiger partial charge in [0.25, 0.3) is 0 Å². The van der Waals surface area contributed by atoms with Gasteiger partial charge < -0.3 is 4.90 Å². The van der Waals surface area contributed by atoms with Crippen LogP contribution < -0.4 is 0 Å². The molecule has 1 aromatic rings. The van der Waals surface area contributed by atoms with E-state index in [-0.39, 0.29) is 5.91 Å². The van der Waals surface area contributed by atoms with E-state index >= 15 is 0 Å². The molecule has 0 unspecified atom stereocenters. The maximum atomic E-state index is 12.2. The predicted octanol–water partition coefficient (Wildman–Crippen LogP) is 4.71. The van der Waals surface area contributed by atoms with E-state index in [1.807, 2.05) is 44.3 Å². The van der Waals surface area contributed by atoms with Gasteiger partial charge in [-0.1, -0.05) is 71.2 Å². The zero-order chi connectivity index (χ0) is 15.5. The Morgan fingerprint density at radius 2 is 1.95 bits per heavy atom. The molecule has 0 N–H and O–H groups in total. The second-order valence-electron chi connectivity index (χ2n) is 5.07. The third-order valence-corrected chi connectivity index (χ3v) is 3.97. The fourth-order valence-electron chi connectivity index (χ4n) is 1.94. The number of allylic oxidation sites excluding steroid dienone is 1. The van der Waals surface area contributed by atoms with Crippen molar-refractivity contribution in [2.75, 3.05) is 18.0 Å². The summed E-state index contributed by atoms with van der Waals surface area (Å²) in [4.78, 5) is 13.9. The molecule has 0 atom stereocenters. The molecule has 0 saturated carbocycles. The molecule has 2 nitrogen and oxygen atoms in total. The van der Waals surface area contributed by atoms with Crippen LogP contribution in [-0.4, -0.2) is 28.8 Å². The first-order chi connectivity index (χ1) is 10.1. The van der Waals surface area contributed by atoms with Crippen molar-refractivity contribution in [1.82, 2.24) is 4.90 Å². The number of hydrogen-bond acceptors (Lipinski definition) is 1. The van der Waals surface area contributed by atoms with Crippen molar-refractivity contribution in [1.29, 1.82) is 0 Å². The van der Waals surface area contributed by atoms with E-state index in [0.29, 0.717) is 6.54 Å². The highest BCUT2D eigenvalue weighted by Gasteiger charge is 2.08. The third kappa shape index (κ3) is 7.46. The maximum Gasteiger partial charge on any atom is 0.249 e. The van der Waals surface area contributed by atoms with E-state index < -0.39 is 0 Å². The molecular formula is C18H24INO. The third-order valence-electron chi connectivity index (χ3n) is 3.21. The number of nitrogens with zero attached hydrogens (tertiary/aromatic N) is 1. The Labute approximate surface area is 142 Å². The van der Waals surface area contributed by atoms with Gasteiger partial charge in [-0.05, 0) is 36.2 Å². The minimum atomic E-state index is 0.113. The monoisotopic (exact) mass is 397 g/mol. The molecule has 0 aromatic heterocycles. The lowest BCUT2D eigenvalue weighted by molar-refractivity contribution is -0.125. The fourth-order valence-corrected chi connectivity index (χ4v) is 2.48. The molecule has 1 aromatic carbocycles.